The maximum atomic E-state index is 14.0. The highest BCUT2D eigenvalue weighted by atomic mass is 19.2. The highest BCUT2D eigenvalue weighted by molar-refractivity contribution is 6.46. The molecule has 0 fully saturated rings. The molecule has 0 atom stereocenters. The summed E-state index contributed by atoms with van der Waals surface area (Å²) >= 11 is 0. The zero-order chi connectivity index (χ0) is 23.3. The summed E-state index contributed by atoms with van der Waals surface area (Å²) in [5, 5.41) is 0. The van der Waals surface area contributed by atoms with E-state index < -0.39 is 23.4 Å². The molecule has 4 nitrogen and oxygen atoms in total. The second kappa shape index (κ2) is 7.96. The van der Waals surface area contributed by atoms with Gasteiger partial charge in [0.25, 0.3) is 11.8 Å². The number of carbonyl (C=O) groups excluding carboxylic acids is 2. The van der Waals surface area contributed by atoms with Crippen molar-refractivity contribution in [2.45, 2.75) is 26.7 Å². The summed E-state index contributed by atoms with van der Waals surface area (Å²) in [5.74, 6) is -3.24. The van der Waals surface area contributed by atoms with E-state index in [0.29, 0.717) is 12.1 Å². The first kappa shape index (κ1) is 21.1. The molecule has 5 rings (SSSR count). The van der Waals surface area contributed by atoms with Crippen molar-refractivity contribution in [1.29, 1.82) is 0 Å². The molecule has 0 spiro atoms. The van der Waals surface area contributed by atoms with Gasteiger partial charge in [0.1, 0.15) is 5.70 Å². The molecular formula is C27H22F2N2O2. The first-order valence-electron chi connectivity index (χ1n) is 10.9. The number of benzene rings is 3. The molecule has 0 N–H and O–H groups in total. The Morgan fingerprint density at radius 1 is 0.818 bits per heavy atom. The number of anilines is 2. The molecule has 2 heterocycles. The number of rotatable bonds is 3. The van der Waals surface area contributed by atoms with Crippen molar-refractivity contribution in [2.24, 2.45) is 0 Å². The first-order chi connectivity index (χ1) is 15.9. The van der Waals surface area contributed by atoms with Gasteiger partial charge in [-0.05, 0) is 67.1 Å². The summed E-state index contributed by atoms with van der Waals surface area (Å²) in [7, 11) is 0. The van der Waals surface area contributed by atoms with Gasteiger partial charge in [0.05, 0.1) is 11.3 Å². The molecule has 0 saturated carbocycles. The Morgan fingerprint density at radius 2 is 1.61 bits per heavy atom. The lowest BCUT2D eigenvalue weighted by atomic mass is 9.97. The molecule has 33 heavy (non-hydrogen) atoms. The number of aryl methyl sites for hydroxylation is 3. The van der Waals surface area contributed by atoms with Crippen molar-refractivity contribution < 1.29 is 18.4 Å². The molecule has 0 radical (unpaired) electrons. The third-order valence-electron chi connectivity index (χ3n) is 6.40. The number of hydrogen-bond acceptors (Lipinski definition) is 3. The normalized spacial score (nSPS) is 16.0. The van der Waals surface area contributed by atoms with E-state index in [0.717, 1.165) is 52.3 Å². The molecule has 0 saturated heterocycles. The van der Waals surface area contributed by atoms with Crippen LogP contribution in [0.3, 0.4) is 0 Å². The minimum atomic E-state index is -1.11. The average molecular weight is 444 g/mol. The van der Waals surface area contributed by atoms with Crippen molar-refractivity contribution in [3.63, 3.8) is 0 Å². The number of carbonyl (C=O) groups is 2. The van der Waals surface area contributed by atoms with Crippen LogP contribution >= 0.6 is 0 Å². The van der Waals surface area contributed by atoms with Gasteiger partial charge in [0.2, 0.25) is 0 Å². The van der Waals surface area contributed by atoms with Crippen LogP contribution in [0, 0.1) is 25.5 Å². The summed E-state index contributed by atoms with van der Waals surface area (Å²) in [6, 6.07) is 16.5. The molecule has 3 aromatic carbocycles. The summed E-state index contributed by atoms with van der Waals surface area (Å²) in [6.45, 7) is 4.50. The van der Waals surface area contributed by atoms with Crippen molar-refractivity contribution in [2.75, 3.05) is 16.3 Å². The maximum Gasteiger partial charge on any atom is 0.282 e. The molecule has 2 amide bonds. The number of halogens is 2. The standard InChI is InChI=1S/C27H22F2N2O2/c1-16-9-10-19(14-17(16)2)24-25(30-13-5-7-18-6-3-4-8-23(18)30)27(33)31(26(24)32)20-11-12-21(28)22(29)15-20/h3-4,6,8-12,14-15H,5,7,13H2,1-2H3. The Labute approximate surface area is 190 Å². The monoisotopic (exact) mass is 444 g/mol. The second-order valence-electron chi connectivity index (χ2n) is 8.45. The Balaban J connectivity index is 1.71. The molecule has 0 aromatic heterocycles. The fourth-order valence-corrected chi connectivity index (χ4v) is 4.55. The van der Waals surface area contributed by atoms with E-state index in [4.69, 9.17) is 0 Å². The SMILES string of the molecule is Cc1ccc(C2=C(N3CCCc4ccccc43)C(=O)N(c3ccc(F)c(F)c3)C2=O)cc1C. The minimum Gasteiger partial charge on any atom is -0.336 e. The molecule has 2 aliphatic rings. The van der Waals surface area contributed by atoms with E-state index in [1.165, 1.54) is 6.07 Å². The number of hydrogen-bond donors (Lipinski definition) is 0. The zero-order valence-electron chi connectivity index (χ0n) is 18.4. The van der Waals surface area contributed by atoms with E-state index in [1.54, 1.807) is 0 Å². The fraction of sp³-hybridized carbons (Fsp3) is 0.185. The van der Waals surface area contributed by atoms with Gasteiger partial charge in [-0.2, -0.15) is 0 Å². The molecular weight excluding hydrogens is 422 g/mol. The largest absolute Gasteiger partial charge is 0.336 e. The van der Waals surface area contributed by atoms with Gasteiger partial charge in [-0.15, -0.1) is 0 Å². The summed E-state index contributed by atoms with van der Waals surface area (Å²) < 4.78 is 27.6. The van der Waals surface area contributed by atoms with E-state index in [1.807, 2.05) is 61.2 Å². The van der Waals surface area contributed by atoms with E-state index in [-0.39, 0.29) is 17.0 Å². The summed E-state index contributed by atoms with van der Waals surface area (Å²) in [5.41, 5.74) is 5.20. The Kier molecular flexibility index (Phi) is 5.08. The topological polar surface area (TPSA) is 40.6 Å². The minimum absolute atomic E-state index is 0.00512. The Morgan fingerprint density at radius 3 is 2.36 bits per heavy atom. The quantitative estimate of drug-likeness (QED) is 0.514. The Bertz CT molecular complexity index is 1350. The summed E-state index contributed by atoms with van der Waals surface area (Å²) in [4.78, 5) is 30.3. The van der Waals surface area contributed by atoms with Crippen LogP contribution in [0.4, 0.5) is 20.2 Å². The smallest absolute Gasteiger partial charge is 0.282 e. The molecule has 0 bridgehead atoms. The van der Waals surface area contributed by atoms with Crippen molar-refractivity contribution >= 4 is 28.8 Å². The third kappa shape index (κ3) is 3.42. The van der Waals surface area contributed by atoms with Gasteiger partial charge in [-0.3, -0.25) is 9.59 Å². The predicted molar refractivity (Wildman–Crippen MR) is 124 cm³/mol. The van der Waals surface area contributed by atoms with Crippen molar-refractivity contribution in [1.82, 2.24) is 0 Å². The Hall–Kier alpha value is -3.80. The highest BCUT2D eigenvalue weighted by Gasteiger charge is 2.43. The molecule has 0 aliphatic carbocycles. The van der Waals surface area contributed by atoms with Crippen LogP contribution in [0.1, 0.15) is 28.7 Å². The van der Waals surface area contributed by atoms with E-state index in [9.17, 15) is 18.4 Å². The molecule has 0 unspecified atom stereocenters. The van der Waals surface area contributed by atoms with E-state index >= 15 is 0 Å². The lowest BCUT2D eigenvalue weighted by molar-refractivity contribution is -0.120. The molecule has 2 aliphatic heterocycles. The number of nitrogens with zero attached hydrogens (tertiary/aromatic N) is 2. The molecule has 3 aromatic rings. The molecule has 6 heteroatoms. The van der Waals surface area contributed by atoms with Gasteiger partial charge in [-0.25, -0.2) is 13.7 Å². The van der Waals surface area contributed by atoms with Gasteiger partial charge in [0, 0.05) is 18.3 Å². The van der Waals surface area contributed by atoms with Crippen molar-refractivity contribution in [3.8, 4) is 0 Å². The van der Waals surface area contributed by atoms with Crippen LogP contribution in [-0.4, -0.2) is 18.4 Å². The van der Waals surface area contributed by atoms with Crippen LogP contribution in [0.25, 0.3) is 5.57 Å². The second-order valence-corrected chi connectivity index (χ2v) is 8.45. The van der Waals surface area contributed by atoms with Crippen LogP contribution in [0.5, 0.6) is 0 Å². The number of fused-ring (bicyclic) bond motifs is 1. The first-order valence-corrected chi connectivity index (χ1v) is 10.9. The third-order valence-corrected chi connectivity index (χ3v) is 6.40. The lowest BCUT2D eigenvalue weighted by Gasteiger charge is -2.32. The van der Waals surface area contributed by atoms with E-state index in [2.05, 4.69) is 0 Å². The van der Waals surface area contributed by atoms with Crippen LogP contribution in [0.15, 0.2) is 66.4 Å². The number of amides is 2. The zero-order valence-corrected chi connectivity index (χ0v) is 18.4. The number of imide groups is 1. The predicted octanol–water partition coefficient (Wildman–Crippen LogP) is 5.32. The van der Waals surface area contributed by atoms with Gasteiger partial charge in [-0.1, -0.05) is 36.4 Å². The maximum absolute atomic E-state index is 14.0. The van der Waals surface area contributed by atoms with Crippen molar-refractivity contribution in [3.05, 3.63) is 100 Å². The van der Waals surface area contributed by atoms with Crippen LogP contribution < -0.4 is 9.80 Å². The van der Waals surface area contributed by atoms with Gasteiger partial charge in [0.15, 0.2) is 11.6 Å². The fourth-order valence-electron chi connectivity index (χ4n) is 4.55. The van der Waals surface area contributed by atoms with Crippen LogP contribution in [-0.2, 0) is 16.0 Å². The average Bonchev–Trinajstić information content (AvgIpc) is 3.07. The highest BCUT2D eigenvalue weighted by Crippen LogP contribution is 2.40. The lowest BCUT2D eigenvalue weighted by Crippen LogP contribution is -2.37. The number of para-hydroxylation sites is 1. The van der Waals surface area contributed by atoms with Gasteiger partial charge < -0.3 is 4.90 Å². The van der Waals surface area contributed by atoms with Crippen LogP contribution in [0.2, 0.25) is 0 Å². The molecule has 166 valence electrons. The van der Waals surface area contributed by atoms with Gasteiger partial charge >= 0.3 is 0 Å². The summed E-state index contributed by atoms with van der Waals surface area (Å²) in [6.07, 6.45) is 1.71.